The molecule has 0 heterocycles. The molecule has 0 aromatic rings. The Bertz CT molecular complexity index is 826. The van der Waals surface area contributed by atoms with Gasteiger partial charge in [0.1, 0.15) is 0 Å². The van der Waals surface area contributed by atoms with Gasteiger partial charge in [0.05, 0.1) is 11.7 Å². The lowest BCUT2D eigenvalue weighted by Gasteiger charge is -2.44. The highest BCUT2D eigenvalue weighted by Gasteiger charge is 2.50. The number of allylic oxidation sites excluding steroid dienone is 4. The molecule has 0 aliphatic heterocycles. The lowest BCUT2D eigenvalue weighted by Crippen LogP contribution is -2.36. The van der Waals surface area contributed by atoms with Crippen LogP contribution in [-0.2, 0) is 0 Å². The Morgan fingerprint density at radius 1 is 1.28 bits per heavy atom. The van der Waals surface area contributed by atoms with Crippen molar-refractivity contribution < 1.29 is 18.4 Å². The minimum atomic E-state index is -2.94. The van der Waals surface area contributed by atoms with Crippen LogP contribution in [0, 0.1) is 23.2 Å². The normalized spacial score (nSPS) is 41.1. The van der Waals surface area contributed by atoms with E-state index in [1.807, 2.05) is 0 Å². The van der Waals surface area contributed by atoms with E-state index in [9.17, 15) is 10.2 Å². The van der Waals surface area contributed by atoms with Gasteiger partial charge in [-0.1, -0.05) is 56.6 Å². The van der Waals surface area contributed by atoms with Crippen LogP contribution in [0.5, 0.6) is 0 Å². The lowest BCUT2D eigenvalue weighted by atomic mass is 9.60. The quantitative estimate of drug-likeness (QED) is 0.513. The van der Waals surface area contributed by atoms with Gasteiger partial charge >= 0.3 is 0 Å². The van der Waals surface area contributed by atoms with E-state index in [1.54, 1.807) is 0 Å². The van der Waals surface area contributed by atoms with Crippen LogP contribution >= 0.6 is 0 Å². The van der Waals surface area contributed by atoms with Gasteiger partial charge in [-0.15, -0.1) is 0 Å². The molecule has 0 saturated heterocycles. The van der Waals surface area contributed by atoms with Gasteiger partial charge in [0.25, 0.3) is 0 Å². The molecule has 0 aromatic heterocycles. The van der Waals surface area contributed by atoms with Gasteiger partial charge in [-0.2, -0.15) is 0 Å². The van der Waals surface area contributed by atoms with Gasteiger partial charge in [0.15, 0.2) is 0 Å². The number of fused-ring (bicyclic) bond motifs is 1. The molecule has 0 unspecified atom stereocenters. The van der Waals surface area contributed by atoms with Gasteiger partial charge < -0.3 is 10.2 Å². The highest BCUT2D eigenvalue weighted by molar-refractivity contribution is 5.36. The van der Waals surface area contributed by atoms with Crippen molar-refractivity contribution in [3.05, 3.63) is 35.5 Å². The number of hydrogen-bond donors (Lipinski definition) is 2. The molecule has 5 atom stereocenters. The fraction of sp³-hybridized carbons (Fsp3) is 0.778. The predicted octanol–water partition coefficient (Wildman–Crippen LogP) is 6.73. The Balaban J connectivity index is 1.68. The van der Waals surface area contributed by atoms with Crippen molar-refractivity contribution in [2.24, 2.45) is 23.2 Å². The average Bonchev–Trinajstić information content (AvgIpc) is 3.10. The number of rotatable bonds is 6. The molecule has 0 bridgehead atoms. The van der Waals surface area contributed by atoms with Crippen molar-refractivity contribution in [1.29, 1.82) is 0 Å². The summed E-state index contributed by atoms with van der Waals surface area (Å²) < 4.78 is 45.6. The molecule has 3 fully saturated rings. The molecule has 2 heteroatoms. The molecular formula is C27H44O2. The van der Waals surface area contributed by atoms with Crippen molar-refractivity contribution in [3.63, 3.8) is 0 Å². The van der Waals surface area contributed by atoms with Crippen LogP contribution in [0.1, 0.15) is 106 Å². The molecule has 2 N–H and O–H groups in total. The summed E-state index contributed by atoms with van der Waals surface area (Å²) in [5, 5.41) is 20.6. The summed E-state index contributed by atoms with van der Waals surface area (Å²) in [7, 11) is 0. The first-order valence-electron chi connectivity index (χ1n) is 14.6. The molecule has 2 nitrogen and oxygen atoms in total. The maximum atomic E-state index is 10.6. The van der Waals surface area contributed by atoms with Crippen molar-refractivity contribution >= 4 is 0 Å². The zero-order valence-corrected chi connectivity index (χ0v) is 18.3. The highest BCUT2D eigenvalue weighted by atomic mass is 16.3. The molecule has 0 amide bonds. The molecule has 3 saturated carbocycles. The second-order valence-corrected chi connectivity index (χ2v) is 10.3. The first-order chi connectivity index (χ1) is 16.1. The van der Waals surface area contributed by atoms with Gasteiger partial charge in [0, 0.05) is 8.22 Å². The van der Waals surface area contributed by atoms with Gasteiger partial charge in [-0.3, -0.25) is 0 Å². The SMILES string of the molecule is [2H]C([2H])([2H])C(O)(CCC[C@@H](C)[C@H]1CC[C@H]2C(=CC=C3C[C@@H](O)CCC3=C)CCC[C@]12C)C([2H])([2H])[2H]. The summed E-state index contributed by atoms with van der Waals surface area (Å²) in [5.74, 6) is 1.33. The molecule has 0 aromatic carbocycles. The van der Waals surface area contributed by atoms with E-state index in [1.165, 1.54) is 17.6 Å². The third-order valence-electron chi connectivity index (χ3n) is 8.11. The maximum absolute atomic E-state index is 10.6. The van der Waals surface area contributed by atoms with E-state index < -0.39 is 19.3 Å². The fourth-order valence-corrected chi connectivity index (χ4v) is 6.49. The molecule has 29 heavy (non-hydrogen) atoms. The molecule has 3 aliphatic rings. The van der Waals surface area contributed by atoms with Crippen LogP contribution < -0.4 is 0 Å². The standard InChI is InChI=1S/C27H44O2/c1-19-10-13-23(28)18-22(19)12-11-21-9-7-17-27(5)24(14-15-25(21)27)20(2)8-6-16-26(3,4)29/h11-12,20,23-25,28-29H,1,6-10,13-18H2,2-5H3/t20-,23+,24-,25+,27-/m1/s1/i3D3,4D3. The van der Waals surface area contributed by atoms with Crippen LogP contribution in [0.3, 0.4) is 0 Å². The second-order valence-electron chi connectivity index (χ2n) is 10.3. The van der Waals surface area contributed by atoms with E-state index in [0.717, 1.165) is 44.1 Å². The molecule has 164 valence electrons. The summed E-state index contributed by atoms with van der Waals surface area (Å²) in [6.07, 6.45) is 13.1. The van der Waals surface area contributed by atoms with E-state index in [4.69, 9.17) is 8.22 Å². The minimum Gasteiger partial charge on any atom is -0.393 e. The fourth-order valence-electron chi connectivity index (χ4n) is 6.49. The smallest absolute Gasteiger partial charge is 0.0591 e. The molecule has 0 radical (unpaired) electrons. The van der Waals surface area contributed by atoms with Gasteiger partial charge in [0.2, 0.25) is 0 Å². The van der Waals surface area contributed by atoms with Gasteiger partial charge in [-0.05, 0) is 100 Å². The van der Waals surface area contributed by atoms with Crippen molar-refractivity contribution in [3.8, 4) is 0 Å². The number of hydrogen-bond acceptors (Lipinski definition) is 2. The van der Waals surface area contributed by atoms with Crippen LogP contribution in [0.2, 0.25) is 0 Å². The Hall–Kier alpha value is -0.860. The molecule has 0 spiro atoms. The zero-order chi connectivity index (χ0) is 26.2. The van der Waals surface area contributed by atoms with Gasteiger partial charge in [-0.25, -0.2) is 0 Å². The summed E-state index contributed by atoms with van der Waals surface area (Å²) in [5.41, 5.74) is 1.32. The maximum Gasteiger partial charge on any atom is 0.0591 e. The summed E-state index contributed by atoms with van der Waals surface area (Å²) in [6, 6.07) is 0. The molecule has 3 rings (SSSR count). The number of aliphatic hydroxyl groups is 2. The highest BCUT2D eigenvalue weighted by Crippen LogP contribution is 2.60. The summed E-state index contributed by atoms with van der Waals surface area (Å²) in [6.45, 7) is 2.91. The Morgan fingerprint density at radius 3 is 2.83 bits per heavy atom. The van der Waals surface area contributed by atoms with E-state index in [-0.39, 0.29) is 17.9 Å². The predicted molar refractivity (Wildman–Crippen MR) is 123 cm³/mol. The van der Waals surface area contributed by atoms with Crippen LogP contribution in [0.4, 0.5) is 0 Å². The third kappa shape index (κ3) is 5.44. The van der Waals surface area contributed by atoms with Crippen molar-refractivity contribution in [2.75, 3.05) is 0 Å². The first kappa shape index (κ1) is 15.9. The van der Waals surface area contributed by atoms with E-state index >= 15 is 0 Å². The zero-order valence-electron chi connectivity index (χ0n) is 24.3. The lowest BCUT2D eigenvalue weighted by molar-refractivity contribution is 0.0596. The Kier molecular flexibility index (Phi) is 4.98. The monoisotopic (exact) mass is 406 g/mol. The Morgan fingerprint density at radius 2 is 2.07 bits per heavy atom. The van der Waals surface area contributed by atoms with Crippen LogP contribution in [0.15, 0.2) is 35.5 Å². The number of aliphatic hydroxyl groups excluding tert-OH is 1. The van der Waals surface area contributed by atoms with E-state index in [2.05, 4.69) is 32.6 Å². The molecular weight excluding hydrogens is 356 g/mol. The van der Waals surface area contributed by atoms with Crippen LogP contribution in [-0.4, -0.2) is 21.9 Å². The Labute approximate surface area is 187 Å². The van der Waals surface area contributed by atoms with Crippen molar-refractivity contribution in [2.45, 2.75) is 110 Å². The minimum absolute atomic E-state index is 0.176. The summed E-state index contributed by atoms with van der Waals surface area (Å²) >= 11 is 0. The van der Waals surface area contributed by atoms with E-state index in [0.29, 0.717) is 37.0 Å². The van der Waals surface area contributed by atoms with Crippen LogP contribution in [0.25, 0.3) is 0 Å². The molecule has 3 aliphatic carbocycles. The summed E-state index contributed by atoms with van der Waals surface area (Å²) in [4.78, 5) is 0. The first-order valence-corrected chi connectivity index (χ1v) is 11.6. The topological polar surface area (TPSA) is 40.5 Å². The second kappa shape index (κ2) is 9.10. The van der Waals surface area contributed by atoms with Crippen molar-refractivity contribution in [1.82, 2.24) is 0 Å². The third-order valence-corrected chi connectivity index (χ3v) is 8.11. The average molecular weight is 407 g/mol. The largest absolute Gasteiger partial charge is 0.393 e.